The molecular formula is C13H14IN5O2. The molecule has 1 aromatic carbocycles. The van der Waals surface area contributed by atoms with Gasteiger partial charge in [0, 0.05) is 12.2 Å². The number of primary amides is 1. The van der Waals surface area contributed by atoms with Crippen LogP contribution in [0.3, 0.4) is 0 Å². The van der Waals surface area contributed by atoms with Crippen LogP contribution in [0.25, 0.3) is 0 Å². The number of nitrogen functional groups attached to an aromatic ring is 1. The number of carbonyl (C=O) groups excluding carboxylic acids is 1. The number of nitrogens with one attached hydrogen (secondary N) is 1. The number of H-pyrrole nitrogens is 1. The van der Waals surface area contributed by atoms with Crippen molar-refractivity contribution in [2.75, 3.05) is 17.2 Å². The summed E-state index contributed by atoms with van der Waals surface area (Å²) in [6, 6.07) is 7.28. The Labute approximate surface area is 134 Å². The van der Waals surface area contributed by atoms with Crippen molar-refractivity contribution in [2.45, 2.75) is 6.54 Å². The molecule has 0 aliphatic rings. The second-order valence-corrected chi connectivity index (χ2v) is 5.52. The number of benzene rings is 1. The summed E-state index contributed by atoms with van der Waals surface area (Å²) in [5.74, 6) is -0.0858. The van der Waals surface area contributed by atoms with E-state index >= 15 is 0 Å². The minimum absolute atomic E-state index is 0.0404. The summed E-state index contributed by atoms with van der Waals surface area (Å²) >= 11 is 1.89. The maximum Gasteiger partial charge on any atom is 0.266 e. The molecule has 0 saturated carbocycles. The van der Waals surface area contributed by atoms with Crippen molar-refractivity contribution in [1.29, 1.82) is 0 Å². The Hall–Kier alpha value is -2.10. The van der Waals surface area contributed by atoms with Crippen molar-refractivity contribution in [1.82, 2.24) is 9.97 Å². The lowest BCUT2D eigenvalue weighted by molar-refractivity contribution is -0.116. The fourth-order valence-corrected chi connectivity index (χ4v) is 2.54. The van der Waals surface area contributed by atoms with Gasteiger partial charge in [-0.25, -0.2) is 4.98 Å². The highest BCUT2D eigenvalue weighted by atomic mass is 127. The first-order valence-electron chi connectivity index (χ1n) is 6.08. The number of carbonyl (C=O) groups is 1. The molecule has 2 rings (SSSR count). The van der Waals surface area contributed by atoms with Gasteiger partial charge in [0.1, 0.15) is 9.39 Å². The zero-order valence-electron chi connectivity index (χ0n) is 11.0. The van der Waals surface area contributed by atoms with Crippen molar-refractivity contribution in [3.05, 3.63) is 50.1 Å². The predicted molar refractivity (Wildman–Crippen MR) is 88.7 cm³/mol. The number of aromatic nitrogens is 2. The standard InChI is InChI=1S/C13H14IN5O2/c14-11-12(17-7-18-13(11)21)19(6-10(16)20)5-8-2-1-3-9(15)4-8/h1-4,7H,5-6,15H2,(H2,16,20)(H,17,18,21). The van der Waals surface area contributed by atoms with Crippen LogP contribution < -0.4 is 21.9 Å². The third-order valence-corrected chi connectivity index (χ3v) is 3.72. The van der Waals surface area contributed by atoms with Crippen LogP contribution in [0.2, 0.25) is 0 Å². The van der Waals surface area contributed by atoms with Crippen LogP contribution in [0.4, 0.5) is 11.5 Å². The Morgan fingerprint density at radius 2 is 2.19 bits per heavy atom. The molecule has 7 nitrogen and oxygen atoms in total. The fourth-order valence-electron chi connectivity index (χ4n) is 1.90. The van der Waals surface area contributed by atoms with Crippen LogP contribution in [0, 0.1) is 3.57 Å². The molecular weight excluding hydrogens is 385 g/mol. The van der Waals surface area contributed by atoms with E-state index in [1.807, 2.05) is 34.7 Å². The van der Waals surface area contributed by atoms with E-state index in [9.17, 15) is 9.59 Å². The van der Waals surface area contributed by atoms with Gasteiger partial charge in [0.05, 0.1) is 12.9 Å². The Morgan fingerprint density at radius 3 is 2.86 bits per heavy atom. The molecule has 0 atom stereocenters. The number of amides is 1. The number of nitrogens with zero attached hydrogens (tertiary/aromatic N) is 2. The molecule has 0 bridgehead atoms. The molecule has 0 aliphatic heterocycles. The highest BCUT2D eigenvalue weighted by Crippen LogP contribution is 2.18. The maximum atomic E-state index is 11.7. The lowest BCUT2D eigenvalue weighted by Crippen LogP contribution is -2.35. The van der Waals surface area contributed by atoms with Crippen LogP contribution in [-0.4, -0.2) is 22.4 Å². The molecule has 0 unspecified atom stereocenters. The van der Waals surface area contributed by atoms with Crippen molar-refractivity contribution >= 4 is 40.0 Å². The molecule has 5 N–H and O–H groups in total. The van der Waals surface area contributed by atoms with Crippen LogP contribution in [-0.2, 0) is 11.3 Å². The molecule has 0 fully saturated rings. The number of hydrogen-bond donors (Lipinski definition) is 3. The Balaban J connectivity index is 2.36. The van der Waals surface area contributed by atoms with Gasteiger partial charge in [-0.2, -0.15) is 0 Å². The summed E-state index contributed by atoms with van der Waals surface area (Å²) in [6.07, 6.45) is 1.30. The largest absolute Gasteiger partial charge is 0.399 e. The number of halogens is 1. The monoisotopic (exact) mass is 399 g/mol. The van der Waals surface area contributed by atoms with Gasteiger partial charge in [-0.3, -0.25) is 9.59 Å². The molecule has 0 spiro atoms. The normalized spacial score (nSPS) is 10.3. The van der Waals surface area contributed by atoms with Crippen LogP contribution in [0.5, 0.6) is 0 Å². The van der Waals surface area contributed by atoms with E-state index in [4.69, 9.17) is 11.5 Å². The maximum absolute atomic E-state index is 11.7. The fraction of sp³-hybridized carbons (Fsp3) is 0.154. The summed E-state index contributed by atoms with van der Waals surface area (Å²) in [5, 5.41) is 0. The van der Waals surface area contributed by atoms with Crippen molar-refractivity contribution in [2.24, 2.45) is 5.73 Å². The molecule has 0 radical (unpaired) electrons. The van der Waals surface area contributed by atoms with E-state index < -0.39 is 5.91 Å². The van der Waals surface area contributed by atoms with E-state index in [1.165, 1.54) is 6.33 Å². The van der Waals surface area contributed by atoms with Crippen LogP contribution in [0.15, 0.2) is 35.4 Å². The van der Waals surface area contributed by atoms with Crippen molar-refractivity contribution < 1.29 is 4.79 Å². The molecule has 1 aromatic heterocycles. The average molecular weight is 399 g/mol. The SMILES string of the molecule is NC(=O)CN(Cc1cccc(N)c1)c1nc[nH]c(=O)c1I. The number of nitrogens with two attached hydrogens (primary N) is 2. The first kappa shape index (κ1) is 15.3. The van der Waals surface area contributed by atoms with Gasteiger partial charge in [-0.15, -0.1) is 0 Å². The molecule has 1 heterocycles. The van der Waals surface area contributed by atoms with Gasteiger partial charge in [0.15, 0.2) is 0 Å². The van der Waals surface area contributed by atoms with E-state index in [1.54, 1.807) is 17.0 Å². The third kappa shape index (κ3) is 3.94. The molecule has 21 heavy (non-hydrogen) atoms. The zero-order chi connectivity index (χ0) is 15.4. The number of rotatable bonds is 5. The van der Waals surface area contributed by atoms with E-state index in [0.717, 1.165) is 5.56 Å². The molecule has 1 amide bonds. The summed E-state index contributed by atoms with van der Waals surface area (Å²) in [6.45, 7) is 0.335. The molecule has 110 valence electrons. The van der Waals surface area contributed by atoms with Crippen LogP contribution in [0.1, 0.15) is 5.56 Å². The molecule has 2 aromatic rings. The van der Waals surface area contributed by atoms with Gasteiger partial charge in [0.25, 0.3) is 5.56 Å². The predicted octanol–water partition coefficient (Wildman–Crippen LogP) is 0.449. The summed E-state index contributed by atoms with van der Waals surface area (Å²) in [4.78, 5) is 31.2. The molecule has 0 saturated heterocycles. The van der Waals surface area contributed by atoms with Gasteiger partial charge in [-0.05, 0) is 40.3 Å². The second kappa shape index (κ2) is 6.57. The Morgan fingerprint density at radius 1 is 1.43 bits per heavy atom. The van der Waals surface area contributed by atoms with E-state index in [-0.39, 0.29) is 12.1 Å². The molecule has 8 heteroatoms. The zero-order valence-corrected chi connectivity index (χ0v) is 13.2. The molecule has 0 aliphatic carbocycles. The summed E-state index contributed by atoms with van der Waals surface area (Å²) in [5.41, 5.74) is 12.3. The topological polar surface area (TPSA) is 118 Å². The van der Waals surface area contributed by atoms with Crippen molar-refractivity contribution in [3.63, 3.8) is 0 Å². The quantitative estimate of drug-likeness (QED) is 0.499. The van der Waals surface area contributed by atoms with Crippen LogP contribution >= 0.6 is 22.6 Å². The van der Waals surface area contributed by atoms with Gasteiger partial charge < -0.3 is 21.4 Å². The summed E-state index contributed by atoms with van der Waals surface area (Å²) < 4.78 is 0.403. The van der Waals surface area contributed by atoms with Gasteiger partial charge in [-0.1, -0.05) is 12.1 Å². The first-order valence-corrected chi connectivity index (χ1v) is 7.16. The Bertz CT molecular complexity index is 716. The minimum Gasteiger partial charge on any atom is -0.399 e. The van der Waals surface area contributed by atoms with Crippen molar-refractivity contribution in [3.8, 4) is 0 Å². The highest BCUT2D eigenvalue weighted by Gasteiger charge is 2.16. The number of anilines is 2. The summed E-state index contributed by atoms with van der Waals surface area (Å²) in [7, 11) is 0. The lowest BCUT2D eigenvalue weighted by atomic mass is 10.2. The van der Waals surface area contributed by atoms with Gasteiger partial charge in [0.2, 0.25) is 5.91 Å². The Kier molecular flexibility index (Phi) is 4.78. The smallest absolute Gasteiger partial charge is 0.266 e. The van der Waals surface area contributed by atoms with E-state index in [2.05, 4.69) is 9.97 Å². The minimum atomic E-state index is -0.503. The number of aromatic amines is 1. The second-order valence-electron chi connectivity index (χ2n) is 4.44. The average Bonchev–Trinajstić information content (AvgIpc) is 2.41. The third-order valence-electron chi connectivity index (χ3n) is 2.75. The van der Waals surface area contributed by atoms with Gasteiger partial charge >= 0.3 is 0 Å². The number of hydrogen-bond acceptors (Lipinski definition) is 5. The lowest BCUT2D eigenvalue weighted by Gasteiger charge is -2.23. The first-order chi connectivity index (χ1) is 9.97. The highest BCUT2D eigenvalue weighted by molar-refractivity contribution is 14.1. The van der Waals surface area contributed by atoms with E-state index in [0.29, 0.717) is 21.6 Å².